The van der Waals surface area contributed by atoms with Crippen LogP contribution in [-0.4, -0.2) is 13.6 Å². The van der Waals surface area contributed by atoms with Gasteiger partial charge in [-0.1, -0.05) is 42.3 Å². The molecule has 16 heavy (non-hydrogen) atoms. The van der Waals surface area contributed by atoms with Crippen molar-refractivity contribution >= 4 is 21.6 Å². The van der Waals surface area contributed by atoms with E-state index in [0.717, 1.165) is 11.0 Å². The van der Waals surface area contributed by atoms with Gasteiger partial charge in [0.05, 0.1) is 0 Å². The van der Waals surface area contributed by atoms with E-state index in [1.807, 2.05) is 6.07 Å². The quantitative estimate of drug-likeness (QED) is 0.898. The van der Waals surface area contributed by atoms with Gasteiger partial charge in [-0.15, -0.1) is 0 Å². The standard InChI is InChI=1S/C13H21BrN2/c1-4-10(2)9-16(3)13-7-5-6-12(14)11(13)8-15/h5-7,10H,4,8-9,15H2,1-3H3. The smallest absolute Gasteiger partial charge is 0.0420 e. The number of rotatable bonds is 5. The summed E-state index contributed by atoms with van der Waals surface area (Å²) in [5.41, 5.74) is 8.22. The van der Waals surface area contributed by atoms with Crippen molar-refractivity contribution in [1.82, 2.24) is 0 Å². The molecule has 0 aromatic heterocycles. The van der Waals surface area contributed by atoms with Gasteiger partial charge >= 0.3 is 0 Å². The van der Waals surface area contributed by atoms with E-state index >= 15 is 0 Å². The average Bonchev–Trinajstić information content (AvgIpc) is 2.28. The summed E-state index contributed by atoms with van der Waals surface area (Å²) in [7, 11) is 2.13. The van der Waals surface area contributed by atoms with Crippen LogP contribution in [0.4, 0.5) is 5.69 Å². The molecular weight excluding hydrogens is 264 g/mol. The molecule has 0 amide bonds. The van der Waals surface area contributed by atoms with E-state index in [9.17, 15) is 0 Å². The third-order valence-corrected chi connectivity index (χ3v) is 3.73. The molecule has 1 aromatic rings. The summed E-state index contributed by atoms with van der Waals surface area (Å²) < 4.78 is 1.10. The first-order valence-electron chi connectivity index (χ1n) is 5.78. The van der Waals surface area contributed by atoms with Crippen molar-refractivity contribution in [2.75, 3.05) is 18.5 Å². The summed E-state index contributed by atoms with van der Waals surface area (Å²) in [4.78, 5) is 2.29. The van der Waals surface area contributed by atoms with Gasteiger partial charge in [0.2, 0.25) is 0 Å². The number of nitrogens with two attached hydrogens (primary N) is 1. The maximum Gasteiger partial charge on any atom is 0.0420 e. The van der Waals surface area contributed by atoms with Crippen molar-refractivity contribution in [3.63, 3.8) is 0 Å². The highest BCUT2D eigenvalue weighted by atomic mass is 79.9. The van der Waals surface area contributed by atoms with Gasteiger partial charge in [0, 0.05) is 35.9 Å². The Hall–Kier alpha value is -0.540. The molecular formula is C13H21BrN2. The molecule has 3 heteroatoms. The van der Waals surface area contributed by atoms with Crippen molar-refractivity contribution in [2.24, 2.45) is 11.7 Å². The monoisotopic (exact) mass is 284 g/mol. The van der Waals surface area contributed by atoms with Gasteiger partial charge in [-0.25, -0.2) is 0 Å². The fourth-order valence-electron chi connectivity index (χ4n) is 1.80. The van der Waals surface area contributed by atoms with Crippen LogP contribution in [0.5, 0.6) is 0 Å². The van der Waals surface area contributed by atoms with Crippen LogP contribution in [0.2, 0.25) is 0 Å². The Labute approximate surface area is 107 Å². The molecule has 2 N–H and O–H groups in total. The molecule has 2 nitrogen and oxygen atoms in total. The summed E-state index contributed by atoms with van der Waals surface area (Å²) in [6, 6.07) is 6.24. The normalized spacial score (nSPS) is 12.6. The third kappa shape index (κ3) is 3.22. The fourth-order valence-corrected chi connectivity index (χ4v) is 2.32. The minimum atomic E-state index is 0.571. The van der Waals surface area contributed by atoms with Crippen molar-refractivity contribution < 1.29 is 0 Å². The highest BCUT2D eigenvalue weighted by molar-refractivity contribution is 9.10. The van der Waals surface area contributed by atoms with E-state index < -0.39 is 0 Å². The lowest BCUT2D eigenvalue weighted by atomic mass is 10.1. The molecule has 0 saturated carbocycles. The largest absolute Gasteiger partial charge is 0.374 e. The Morgan fingerprint density at radius 1 is 1.44 bits per heavy atom. The average molecular weight is 285 g/mol. The SMILES string of the molecule is CCC(C)CN(C)c1cccc(Br)c1CN. The molecule has 0 heterocycles. The van der Waals surface area contributed by atoms with Crippen LogP contribution in [0.25, 0.3) is 0 Å². The van der Waals surface area contributed by atoms with Crippen LogP contribution in [0.3, 0.4) is 0 Å². The molecule has 0 saturated heterocycles. The predicted molar refractivity (Wildman–Crippen MR) is 74.8 cm³/mol. The lowest BCUT2D eigenvalue weighted by Crippen LogP contribution is -2.25. The Morgan fingerprint density at radius 2 is 2.12 bits per heavy atom. The molecule has 0 aliphatic rings. The number of anilines is 1. The third-order valence-electron chi connectivity index (χ3n) is 2.99. The molecule has 0 aliphatic carbocycles. The van der Waals surface area contributed by atoms with E-state index in [1.165, 1.54) is 17.7 Å². The van der Waals surface area contributed by atoms with Gasteiger partial charge < -0.3 is 10.6 Å². The fraction of sp³-hybridized carbons (Fsp3) is 0.538. The number of hydrogen-bond acceptors (Lipinski definition) is 2. The van der Waals surface area contributed by atoms with Crippen molar-refractivity contribution in [3.05, 3.63) is 28.2 Å². The van der Waals surface area contributed by atoms with E-state index in [4.69, 9.17) is 5.73 Å². The lowest BCUT2D eigenvalue weighted by molar-refractivity contribution is 0.559. The second-order valence-electron chi connectivity index (χ2n) is 4.34. The summed E-state index contributed by atoms with van der Waals surface area (Å²) >= 11 is 3.55. The first-order chi connectivity index (χ1) is 7.60. The first kappa shape index (κ1) is 13.5. The number of nitrogens with zero attached hydrogens (tertiary/aromatic N) is 1. The summed E-state index contributed by atoms with van der Waals surface area (Å²) in [6.45, 7) is 6.14. The zero-order valence-corrected chi connectivity index (χ0v) is 11.9. The van der Waals surface area contributed by atoms with Crippen LogP contribution < -0.4 is 10.6 Å². The van der Waals surface area contributed by atoms with E-state index in [0.29, 0.717) is 12.5 Å². The Kier molecular flexibility index (Phi) is 5.29. The number of hydrogen-bond donors (Lipinski definition) is 1. The molecule has 0 bridgehead atoms. The van der Waals surface area contributed by atoms with Gasteiger partial charge in [0.1, 0.15) is 0 Å². The Bertz CT molecular complexity index is 339. The second-order valence-corrected chi connectivity index (χ2v) is 5.19. The van der Waals surface area contributed by atoms with E-state index in [2.05, 4.69) is 53.9 Å². The van der Waals surface area contributed by atoms with Gasteiger partial charge in [0.25, 0.3) is 0 Å². The second kappa shape index (κ2) is 6.26. The molecule has 90 valence electrons. The Balaban J connectivity index is 2.90. The zero-order valence-electron chi connectivity index (χ0n) is 10.3. The molecule has 0 radical (unpaired) electrons. The first-order valence-corrected chi connectivity index (χ1v) is 6.58. The summed E-state index contributed by atoms with van der Waals surface area (Å²) in [5.74, 6) is 0.703. The number of halogens is 1. The highest BCUT2D eigenvalue weighted by Gasteiger charge is 2.11. The van der Waals surface area contributed by atoms with Crippen molar-refractivity contribution in [1.29, 1.82) is 0 Å². The van der Waals surface area contributed by atoms with Gasteiger partial charge in [-0.3, -0.25) is 0 Å². The van der Waals surface area contributed by atoms with Crippen molar-refractivity contribution in [3.8, 4) is 0 Å². The molecule has 1 atom stereocenters. The van der Waals surface area contributed by atoms with Crippen LogP contribution in [0.1, 0.15) is 25.8 Å². The minimum absolute atomic E-state index is 0.571. The highest BCUT2D eigenvalue weighted by Crippen LogP contribution is 2.27. The summed E-state index contributed by atoms with van der Waals surface area (Å²) in [5, 5.41) is 0. The molecule has 1 unspecified atom stereocenters. The minimum Gasteiger partial charge on any atom is -0.374 e. The number of benzene rings is 1. The maximum atomic E-state index is 5.80. The van der Waals surface area contributed by atoms with Crippen molar-refractivity contribution in [2.45, 2.75) is 26.8 Å². The van der Waals surface area contributed by atoms with Crippen LogP contribution in [0, 0.1) is 5.92 Å². The molecule has 1 rings (SSSR count). The van der Waals surface area contributed by atoms with Crippen LogP contribution in [0.15, 0.2) is 22.7 Å². The Morgan fingerprint density at radius 3 is 2.69 bits per heavy atom. The zero-order chi connectivity index (χ0) is 12.1. The van der Waals surface area contributed by atoms with Crippen LogP contribution in [-0.2, 0) is 6.54 Å². The predicted octanol–water partition coefficient (Wildman–Crippen LogP) is 3.39. The molecule has 0 fully saturated rings. The molecule has 0 spiro atoms. The van der Waals surface area contributed by atoms with Gasteiger partial charge in [0.15, 0.2) is 0 Å². The van der Waals surface area contributed by atoms with Gasteiger partial charge in [-0.05, 0) is 18.1 Å². The lowest BCUT2D eigenvalue weighted by Gasteiger charge is -2.25. The maximum absolute atomic E-state index is 5.80. The van der Waals surface area contributed by atoms with E-state index in [-0.39, 0.29) is 0 Å². The van der Waals surface area contributed by atoms with Crippen LogP contribution >= 0.6 is 15.9 Å². The summed E-state index contributed by atoms with van der Waals surface area (Å²) in [6.07, 6.45) is 1.20. The van der Waals surface area contributed by atoms with Gasteiger partial charge in [-0.2, -0.15) is 0 Å². The molecule has 0 aliphatic heterocycles. The molecule has 1 aromatic carbocycles. The van der Waals surface area contributed by atoms with E-state index in [1.54, 1.807) is 0 Å². The topological polar surface area (TPSA) is 29.3 Å².